The fourth-order valence-corrected chi connectivity index (χ4v) is 3.76. The Morgan fingerprint density at radius 2 is 1.97 bits per heavy atom. The molecule has 146 valence electrons. The minimum absolute atomic E-state index is 0.291. The molecule has 4 rings (SSSR count). The zero-order valence-electron chi connectivity index (χ0n) is 16.2. The number of anilines is 1. The van der Waals surface area contributed by atoms with E-state index in [1.807, 2.05) is 37.3 Å². The first-order chi connectivity index (χ1) is 14.4. The third-order valence-electron chi connectivity index (χ3n) is 5.22. The van der Waals surface area contributed by atoms with Crippen LogP contribution in [0.1, 0.15) is 21.5 Å². The highest BCUT2D eigenvalue weighted by Crippen LogP contribution is 2.39. The molecule has 0 aliphatic carbocycles. The lowest BCUT2D eigenvalue weighted by molar-refractivity contribution is -0.111. The van der Waals surface area contributed by atoms with Gasteiger partial charge in [0.25, 0.3) is 5.91 Å². The van der Waals surface area contributed by atoms with E-state index >= 15 is 0 Å². The van der Waals surface area contributed by atoms with Crippen molar-refractivity contribution < 1.29 is 9.59 Å². The Labute approximate surface area is 172 Å². The summed E-state index contributed by atoms with van der Waals surface area (Å²) in [6.07, 6.45) is 1.22. The van der Waals surface area contributed by atoms with Crippen LogP contribution in [-0.2, 0) is 4.79 Å². The largest absolute Gasteiger partial charge is 0.366 e. The van der Waals surface area contributed by atoms with Crippen molar-refractivity contribution in [2.45, 2.75) is 6.92 Å². The van der Waals surface area contributed by atoms with Crippen LogP contribution in [0.5, 0.6) is 0 Å². The van der Waals surface area contributed by atoms with Crippen molar-refractivity contribution in [1.29, 1.82) is 5.26 Å². The van der Waals surface area contributed by atoms with Crippen LogP contribution >= 0.6 is 0 Å². The molecule has 0 spiro atoms. The highest BCUT2D eigenvalue weighted by molar-refractivity contribution is 6.20. The molecule has 4 N–H and O–H groups in total. The number of carbonyl (C=O) groups is 2. The second-order valence-electron chi connectivity index (χ2n) is 6.94. The van der Waals surface area contributed by atoms with E-state index in [4.69, 9.17) is 5.73 Å². The van der Waals surface area contributed by atoms with Gasteiger partial charge in [0, 0.05) is 22.0 Å². The van der Waals surface area contributed by atoms with Gasteiger partial charge in [0.15, 0.2) is 0 Å². The molecule has 0 radical (unpaired) electrons. The third kappa shape index (κ3) is 2.99. The molecule has 0 bridgehead atoms. The predicted octanol–water partition coefficient (Wildman–Crippen LogP) is 4.39. The summed E-state index contributed by atoms with van der Waals surface area (Å²) in [5, 5.41) is 13.8. The lowest BCUT2D eigenvalue weighted by atomic mass is 9.93. The number of benzene rings is 3. The third-order valence-corrected chi connectivity index (χ3v) is 5.22. The SMILES string of the molecule is C=CC(=O)Nc1cccc(-c2ccc(C(N)=O)c3[nH]c4cc(C#N)ccc4c23)c1C. The number of carbonyl (C=O) groups excluding carboxylic acids is 2. The van der Waals surface area contributed by atoms with Crippen molar-refractivity contribution >= 4 is 39.3 Å². The second-order valence-corrected chi connectivity index (χ2v) is 6.94. The van der Waals surface area contributed by atoms with E-state index in [9.17, 15) is 14.9 Å². The molecule has 2 amide bonds. The summed E-state index contributed by atoms with van der Waals surface area (Å²) in [4.78, 5) is 27.1. The molecule has 0 saturated carbocycles. The quantitative estimate of drug-likeness (QED) is 0.446. The summed E-state index contributed by atoms with van der Waals surface area (Å²) in [5.41, 5.74) is 11.2. The highest BCUT2D eigenvalue weighted by Gasteiger charge is 2.18. The van der Waals surface area contributed by atoms with Crippen molar-refractivity contribution in [3.63, 3.8) is 0 Å². The Kier molecular flexibility index (Phi) is 4.57. The number of nitrogens with one attached hydrogen (secondary N) is 2. The van der Waals surface area contributed by atoms with Crippen molar-refractivity contribution in [3.8, 4) is 17.2 Å². The summed E-state index contributed by atoms with van der Waals surface area (Å²) in [7, 11) is 0. The number of aromatic nitrogens is 1. The first kappa shape index (κ1) is 19.0. The second kappa shape index (κ2) is 7.22. The van der Waals surface area contributed by atoms with Crippen molar-refractivity contribution in [2.75, 3.05) is 5.32 Å². The number of hydrogen-bond donors (Lipinski definition) is 3. The molecular formula is C24H18N4O2. The summed E-state index contributed by atoms with van der Waals surface area (Å²) >= 11 is 0. The highest BCUT2D eigenvalue weighted by atomic mass is 16.1. The van der Waals surface area contributed by atoms with Crippen molar-refractivity contribution in [2.24, 2.45) is 5.73 Å². The van der Waals surface area contributed by atoms with Gasteiger partial charge in [-0.3, -0.25) is 9.59 Å². The molecule has 30 heavy (non-hydrogen) atoms. The zero-order chi connectivity index (χ0) is 21.4. The predicted molar refractivity (Wildman–Crippen MR) is 118 cm³/mol. The van der Waals surface area contributed by atoms with E-state index in [0.29, 0.717) is 22.3 Å². The number of primary amides is 1. The Balaban J connectivity index is 2.05. The van der Waals surface area contributed by atoms with Crippen LogP contribution < -0.4 is 11.1 Å². The number of fused-ring (bicyclic) bond motifs is 3. The van der Waals surface area contributed by atoms with E-state index in [-0.39, 0.29) is 5.91 Å². The molecule has 0 atom stereocenters. The van der Waals surface area contributed by atoms with Crippen LogP contribution in [-0.4, -0.2) is 16.8 Å². The minimum Gasteiger partial charge on any atom is -0.366 e. The number of nitriles is 1. The number of nitrogens with zero attached hydrogens (tertiary/aromatic N) is 1. The molecule has 3 aromatic carbocycles. The minimum atomic E-state index is -0.540. The molecule has 6 heteroatoms. The van der Waals surface area contributed by atoms with Gasteiger partial charge < -0.3 is 16.0 Å². The van der Waals surface area contributed by atoms with Gasteiger partial charge in [-0.15, -0.1) is 0 Å². The van der Waals surface area contributed by atoms with E-state index in [1.165, 1.54) is 6.08 Å². The van der Waals surface area contributed by atoms with Crippen molar-refractivity contribution in [3.05, 3.63) is 77.9 Å². The lowest BCUT2D eigenvalue weighted by Gasteiger charge is -2.14. The molecule has 4 aromatic rings. The first-order valence-corrected chi connectivity index (χ1v) is 9.26. The smallest absolute Gasteiger partial charge is 0.250 e. The number of aromatic amines is 1. The molecule has 0 aliphatic rings. The Morgan fingerprint density at radius 3 is 2.67 bits per heavy atom. The van der Waals surface area contributed by atoms with Gasteiger partial charge in [-0.1, -0.05) is 30.8 Å². The van der Waals surface area contributed by atoms with Crippen LogP contribution in [0.2, 0.25) is 0 Å². The number of H-pyrrole nitrogens is 1. The number of amides is 2. The average Bonchev–Trinajstić information content (AvgIpc) is 3.13. The number of nitrogens with two attached hydrogens (primary N) is 1. The van der Waals surface area contributed by atoms with Gasteiger partial charge in [-0.2, -0.15) is 5.26 Å². The van der Waals surface area contributed by atoms with E-state index in [0.717, 1.165) is 33.0 Å². The summed E-state index contributed by atoms with van der Waals surface area (Å²) in [6, 6.07) is 16.7. The van der Waals surface area contributed by atoms with Crippen molar-refractivity contribution in [1.82, 2.24) is 4.98 Å². The van der Waals surface area contributed by atoms with Gasteiger partial charge in [0.1, 0.15) is 0 Å². The maximum atomic E-state index is 12.0. The van der Waals surface area contributed by atoms with Crippen LogP contribution in [0.4, 0.5) is 5.69 Å². The first-order valence-electron chi connectivity index (χ1n) is 9.26. The van der Waals surface area contributed by atoms with E-state index < -0.39 is 5.91 Å². The van der Waals surface area contributed by atoms with E-state index in [2.05, 4.69) is 22.9 Å². The summed E-state index contributed by atoms with van der Waals surface area (Å²) in [5.74, 6) is -0.831. The van der Waals surface area contributed by atoms with Crippen LogP contribution in [0.25, 0.3) is 32.9 Å². The molecule has 0 saturated heterocycles. The van der Waals surface area contributed by atoms with E-state index in [1.54, 1.807) is 18.2 Å². The average molecular weight is 394 g/mol. The standard InChI is InChI=1S/C24H18N4O2/c1-3-21(29)27-19-6-4-5-15(13(19)2)16-9-10-18(24(26)30)23-22(16)17-8-7-14(12-25)11-20(17)28-23/h3-11,28H,1H2,2H3,(H2,26,30)(H,27,29). The number of rotatable bonds is 4. The molecule has 1 heterocycles. The fourth-order valence-electron chi connectivity index (χ4n) is 3.76. The topological polar surface area (TPSA) is 112 Å². The Hall–Kier alpha value is -4.37. The molecule has 0 aliphatic heterocycles. The van der Waals surface area contributed by atoms with Gasteiger partial charge in [-0.05, 0) is 54.0 Å². The van der Waals surface area contributed by atoms with Crippen LogP contribution in [0.15, 0.2) is 61.2 Å². The molecule has 0 fully saturated rings. The lowest BCUT2D eigenvalue weighted by Crippen LogP contribution is -2.11. The maximum absolute atomic E-state index is 12.0. The molecule has 0 unspecified atom stereocenters. The monoisotopic (exact) mass is 394 g/mol. The maximum Gasteiger partial charge on any atom is 0.250 e. The summed E-state index contributed by atoms with van der Waals surface area (Å²) in [6.45, 7) is 5.41. The van der Waals surface area contributed by atoms with Crippen LogP contribution in [0, 0.1) is 18.3 Å². The van der Waals surface area contributed by atoms with Crippen LogP contribution in [0.3, 0.4) is 0 Å². The fraction of sp³-hybridized carbons (Fsp3) is 0.0417. The summed E-state index contributed by atoms with van der Waals surface area (Å²) < 4.78 is 0. The number of hydrogen-bond acceptors (Lipinski definition) is 3. The molecular weight excluding hydrogens is 376 g/mol. The molecule has 1 aromatic heterocycles. The zero-order valence-corrected chi connectivity index (χ0v) is 16.2. The molecule has 6 nitrogen and oxygen atoms in total. The van der Waals surface area contributed by atoms with Gasteiger partial charge >= 0.3 is 0 Å². The van der Waals surface area contributed by atoms with Gasteiger partial charge in [0.05, 0.1) is 22.7 Å². The normalized spacial score (nSPS) is 10.7. The van der Waals surface area contributed by atoms with Gasteiger partial charge in [-0.25, -0.2) is 0 Å². The van der Waals surface area contributed by atoms with Gasteiger partial charge in [0.2, 0.25) is 5.91 Å². The Morgan fingerprint density at radius 1 is 1.17 bits per heavy atom. The Bertz CT molecular complexity index is 1410.